The van der Waals surface area contributed by atoms with E-state index in [0.717, 1.165) is 19.4 Å². The minimum atomic E-state index is -0.120. The quantitative estimate of drug-likeness (QED) is 0.641. The van der Waals surface area contributed by atoms with E-state index in [1.807, 2.05) is 6.92 Å². The predicted octanol–water partition coefficient (Wildman–Crippen LogP) is 1.57. The van der Waals surface area contributed by atoms with Crippen LogP contribution in [0.3, 0.4) is 0 Å². The lowest BCUT2D eigenvalue weighted by atomic mass is 10.0. The van der Waals surface area contributed by atoms with E-state index in [0.29, 0.717) is 6.04 Å². The van der Waals surface area contributed by atoms with E-state index in [1.165, 1.54) is 7.11 Å². The zero-order valence-corrected chi connectivity index (χ0v) is 9.09. The Bertz CT molecular complexity index is 148. The highest BCUT2D eigenvalue weighted by atomic mass is 16.5. The van der Waals surface area contributed by atoms with Crippen molar-refractivity contribution in [3.05, 3.63) is 0 Å². The molecule has 0 aromatic heterocycles. The molecule has 0 aliphatic rings. The molecule has 0 saturated carbocycles. The zero-order chi connectivity index (χ0) is 10.3. The summed E-state index contributed by atoms with van der Waals surface area (Å²) in [7, 11) is 1.43. The Balaban J connectivity index is 3.64. The number of methoxy groups -OCH3 is 1. The van der Waals surface area contributed by atoms with E-state index in [4.69, 9.17) is 0 Å². The van der Waals surface area contributed by atoms with E-state index in [-0.39, 0.29) is 11.9 Å². The van der Waals surface area contributed by atoms with Crippen LogP contribution in [0.5, 0.6) is 0 Å². The van der Waals surface area contributed by atoms with Gasteiger partial charge in [0, 0.05) is 6.04 Å². The Morgan fingerprint density at radius 1 is 1.46 bits per heavy atom. The van der Waals surface area contributed by atoms with Gasteiger partial charge in [0.15, 0.2) is 0 Å². The third-order valence-electron chi connectivity index (χ3n) is 2.05. The van der Waals surface area contributed by atoms with Gasteiger partial charge in [0.1, 0.15) is 0 Å². The summed E-state index contributed by atoms with van der Waals surface area (Å²) in [5, 5.41) is 3.33. The van der Waals surface area contributed by atoms with Crippen LogP contribution in [0.4, 0.5) is 0 Å². The van der Waals surface area contributed by atoms with Gasteiger partial charge in [-0.2, -0.15) is 0 Å². The molecular weight excluding hydrogens is 166 g/mol. The number of hydrogen-bond acceptors (Lipinski definition) is 3. The number of ether oxygens (including phenoxy) is 1. The van der Waals surface area contributed by atoms with Crippen LogP contribution in [0.15, 0.2) is 0 Å². The molecule has 0 saturated heterocycles. The van der Waals surface area contributed by atoms with Crippen LogP contribution in [0.1, 0.15) is 33.6 Å². The molecule has 0 aliphatic carbocycles. The number of nitrogens with one attached hydrogen (secondary N) is 1. The predicted molar refractivity (Wildman–Crippen MR) is 53.6 cm³/mol. The Labute approximate surface area is 80.8 Å². The molecule has 0 aromatic rings. The second-order valence-corrected chi connectivity index (χ2v) is 3.52. The van der Waals surface area contributed by atoms with Crippen molar-refractivity contribution in [2.45, 2.75) is 39.7 Å². The van der Waals surface area contributed by atoms with E-state index in [1.54, 1.807) is 0 Å². The molecule has 2 unspecified atom stereocenters. The fourth-order valence-electron chi connectivity index (χ4n) is 1.30. The van der Waals surface area contributed by atoms with Gasteiger partial charge in [-0.3, -0.25) is 4.79 Å². The lowest BCUT2D eigenvalue weighted by Crippen LogP contribution is -2.30. The summed E-state index contributed by atoms with van der Waals surface area (Å²) >= 11 is 0. The molecular formula is C10H21NO2. The Kier molecular flexibility index (Phi) is 6.59. The fraction of sp³-hybridized carbons (Fsp3) is 0.900. The second-order valence-electron chi connectivity index (χ2n) is 3.52. The van der Waals surface area contributed by atoms with Gasteiger partial charge >= 0.3 is 5.97 Å². The van der Waals surface area contributed by atoms with Crippen molar-refractivity contribution in [3.8, 4) is 0 Å². The summed E-state index contributed by atoms with van der Waals surface area (Å²) in [5.41, 5.74) is 0. The standard InChI is InChI=1S/C10H21NO2/c1-5-6-11-9(3)7-8(2)10(12)13-4/h8-9,11H,5-7H2,1-4H3. The van der Waals surface area contributed by atoms with Crippen LogP contribution in [-0.2, 0) is 9.53 Å². The van der Waals surface area contributed by atoms with Crippen molar-refractivity contribution in [1.82, 2.24) is 5.32 Å². The van der Waals surface area contributed by atoms with Gasteiger partial charge in [0.05, 0.1) is 13.0 Å². The Hall–Kier alpha value is -0.570. The maximum atomic E-state index is 11.1. The van der Waals surface area contributed by atoms with Crippen LogP contribution in [-0.4, -0.2) is 25.7 Å². The highest BCUT2D eigenvalue weighted by Gasteiger charge is 2.15. The Morgan fingerprint density at radius 2 is 2.08 bits per heavy atom. The summed E-state index contributed by atoms with van der Waals surface area (Å²) in [4.78, 5) is 11.1. The molecule has 3 heteroatoms. The minimum absolute atomic E-state index is 0.00986. The van der Waals surface area contributed by atoms with Crippen molar-refractivity contribution in [2.24, 2.45) is 5.92 Å². The normalized spacial score (nSPS) is 15.1. The van der Waals surface area contributed by atoms with Gasteiger partial charge < -0.3 is 10.1 Å². The number of carbonyl (C=O) groups is 1. The van der Waals surface area contributed by atoms with Crippen molar-refractivity contribution in [3.63, 3.8) is 0 Å². The van der Waals surface area contributed by atoms with Gasteiger partial charge in [-0.1, -0.05) is 13.8 Å². The number of hydrogen-bond donors (Lipinski definition) is 1. The maximum Gasteiger partial charge on any atom is 0.308 e. The lowest BCUT2D eigenvalue weighted by molar-refractivity contribution is -0.145. The smallest absolute Gasteiger partial charge is 0.308 e. The summed E-state index contributed by atoms with van der Waals surface area (Å²) in [5.74, 6) is -0.130. The molecule has 2 atom stereocenters. The zero-order valence-electron chi connectivity index (χ0n) is 9.09. The average Bonchev–Trinajstić information content (AvgIpc) is 2.13. The number of carbonyl (C=O) groups excluding carboxylic acids is 1. The van der Waals surface area contributed by atoms with Crippen LogP contribution < -0.4 is 5.32 Å². The van der Waals surface area contributed by atoms with Gasteiger partial charge in [0.2, 0.25) is 0 Å². The van der Waals surface area contributed by atoms with Crippen molar-refractivity contribution < 1.29 is 9.53 Å². The lowest BCUT2D eigenvalue weighted by Gasteiger charge is -2.16. The molecule has 0 amide bonds. The number of esters is 1. The largest absolute Gasteiger partial charge is 0.469 e. The van der Waals surface area contributed by atoms with Crippen LogP contribution in [0, 0.1) is 5.92 Å². The van der Waals surface area contributed by atoms with Gasteiger partial charge in [0.25, 0.3) is 0 Å². The van der Waals surface area contributed by atoms with E-state index < -0.39 is 0 Å². The van der Waals surface area contributed by atoms with Crippen molar-refractivity contribution >= 4 is 5.97 Å². The van der Waals surface area contributed by atoms with Gasteiger partial charge in [-0.15, -0.1) is 0 Å². The first kappa shape index (κ1) is 12.4. The van der Waals surface area contributed by atoms with E-state index in [9.17, 15) is 4.79 Å². The van der Waals surface area contributed by atoms with Crippen molar-refractivity contribution in [2.75, 3.05) is 13.7 Å². The molecule has 0 heterocycles. The monoisotopic (exact) mass is 187 g/mol. The highest BCUT2D eigenvalue weighted by molar-refractivity contribution is 5.71. The molecule has 0 radical (unpaired) electrons. The molecule has 0 rings (SSSR count). The summed E-state index contributed by atoms with van der Waals surface area (Å²) in [6, 6.07) is 0.383. The maximum absolute atomic E-state index is 11.1. The molecule has 13 heavy (non-hydrogen) atoms. The molecule has 0 fully saturated rings. The van der Waals surface area contributed by atoms with Crippen molar-refractivity contribution in [1.29, 1.82) is 0 Å². The molecule has 0 aromatic carbocycles. The summed E-state index contributed by atoms with van der Waals surface area (Å²) < 4.78 is 4.65. The van der Waals surface area contributed by atoms with E-state index in [2.05, 4.69) is 23.9 Å². The third-order valence-corrected chi connectivity index (χ3v) is 2.05. The van der Waals surface area contributed by atoms with E-state index >= 15 is 0 Å². The average molecular weight is 187 g/mol. The number of rotatable bonds is 6. The third kappa shape index (κ3) is 5.64. The molecule has 0 spiro atoms. The SMILES string of the molecule is CCCNC(C)CC(C)C(=O)OC. The first-order valence-electron chi connectivity index (χ1n) is 4.93. The van der Waals surface area contributed by atoms with Crippen LogP contribution in [0.25, 0.3) is 0 Å². The molecule has 0 bridgehead atoms. The second kappa shape index (κ2) is 6.89. The molecule has 3 nitrogen and oxygen atoms in total. The minimum Gasteiger partial charge on any atom is -0.469 e. The topological polar surface area (TPSA) is 38.3 Å². The van der Waals surface area contributed by atoms with Gasteiger partial charge in [-0.25, -0.2) is 0 Å². The first-order valence-corrected chi connectivity index (χ1v) is 4.93. The van der Waals surface area contributed by atoms with Crippen LogP contribution >= 0.6 is 0 Å². The van der Waals surface area contributed by atoms with Crippen LogP contribution in [0.2, 0.25) is 0 Å². The Morgan fingerprint density at radius 3 is 2.54 bits per heavy atom. The highest BCUT2D eigenvalue weighted by Crippen LogP contribution is 2.07. The molecule has 78 valence electrons. The summed E-state index contributed by atoms with van der Waals surface area (Å²) in [6.07, 6.45) is 1.96. The first-order chi connectivity index (χ1) is 6.11. The fourth-order valence-corrected chi connectivity index (χ4v) is 1.30. The summed E-state index contributed by atoms with van der Waals surface area (Å²) in [6.45, 7) is 7.13. The molecule has 0 aliphatic heterocycles. The van der Waals surface area contributed by atoms with Gasteiger partial charge in [-0.05, 0) is 26.3 Å². The molecule has 1 N–H and O–H groups in total.